The van der Waals surface area contributed by atoms with E-state index in [0.29, 0.717) is 11.6 Å². The maximum atomic E-state index is 13.4. The van der Waals surface area contributed by atoms with Gasteiger partial charge in [-0.25, -0.2) is 9.97 Å². The predicted molar refractivity (Wildman–Crippen MR) is 89.4 cm³/mol. The Morgan fingerprint density at radius 3 is 2.81 bits per heavy atom. The Labute approximate surface area is 155 Å². The maximum Gasteiger partial charge on any atom is 0.425 e. The van der Waals surface area contributed by atoms with Gasteiger partial charge in [0.25, 0.3) is 0 Å². The van der Waals surface area contributed by atoms with Crippen LogP contribution in [-0.2, 0) is 24.0 Å². The van der Waals surface area contributed by atoms with Gasteiger partial charge < -0.3 is 19.4 Å². The molecule has 3 rings (SSSR count). The fourth-order valence-electron chi connectivity index (χ4n) is 2.46. The summed E-state index contributed by atoms with van der Waals surface area (Å²) in [7, 11) is 1.30. The van der Waals surface area contributed by atoms with E-state index >= 15 is 0 Å². The molecule has 0 bridgehead atoms. The zero-order valence-electron chi connectivity index (χ0n) is 14.0. The minimum Gasteiger partial charge on any atom is -0.443 e. The summed E-state index contributed by atoms with van der Waals surface area (Å²) in [5.74, 6) is -1.31. The van der Waals surface area contributed by atoms with Crippen molar-refractivity contribution < 1.29 is 27.5 Å². The minimum absolute atomic E-state index is 0.137. The number of hydrogen-bond acceptors (Lipinski definition) is 6. The second-order valence-electron chi connectivity index (χ2n) is 5.79. The molecule has 144 valence electrons. The van der Waals surface area contributed by atoms with Crippen LogP contribution in [0.25, 0.3) is 10.8 Å². The van der Waals surface area contributed by atoms with Crippen molar-refractivity contribution in [2.75, 3.05) is 0 Å². The van der Waals surface area contributed by atoms with Crippen molar-refractivity contribution in [2.24, 2.45) is 7.05 Å². The summed E-state index contributed by atoms with van der Waals surface area (Å²) in [6.07, 6.45) is -2.62. The SMILES string of the molecule is Cn1ccnc1[C@@](O)(CC(=O)NCc1coc(-c2cccs2)n1)C(F)(F)F. The molecular formula is C16H15F3N4O3S. The molecule has 2 N–H and O–H groups in total. The summed E-state index contributed by atoms with van der Waals surface area (Å²) in [4.78, 5) is 20.5. The number of nitrogens with zero attached hydrogens (tertiary/aromatic N) is 3. The molecule has 0 unspecified atom stereocenters. The number of alkyl halides is 3. The molecule has 0 fully saturated rings. The van der Waals surface area contributed by atoms with Crippen molar-refractivity contribution in [1.29, 1.82) is 0 Å². The number of oxazole rings is 1. The number of nitrogens with one attached hydrogen (secondary N) is 1. The van der Waals surface area contributed by atoms with Gasteiger partial charge in [0.1, 0.15) is 6.26 Å². The Balaban J connectivity index is 1.68. The van der Waals surface area contributed by atoms with E-state index in [4.69, 9.17) is 4.42 Å². The Bertz CT molecular complexity index is 920. The first-order chi connectivity index (χ1) is 12.7. The van der Waals surface area contributed by atoms with E-state index in [1.165, 1.54) is 30.8 Å². The van der Waals surface area contributed by atoms with Crippen molar-refractivity contribution in [3.8, 4) is 10.8 Å². The van der Waals surface area contributed by atoms with Gasteiger partial charge in [-0.15, -0.1) is 11.3 Å². The van der Waals surface area contributed by atoms with E-state index in [1.54, 1.807) is 6.07 Å². The quantitative estimate of drug-likeness (QED) is 0.664. The number of aryl methyl sites for hydroxylation is 1. The summed E-state index contributed by atoms with van der Waals surface area (Å²) in [5.41, 5.74) is -3.05. The molecule has 0 saturated heterocycles. The lowest BCUT2D eigenvalue weighted by Crippen LogP contribution is -2.47. The number of carbonyl (C=O) groups excluding carboxylic acids is 1. The smallest absolute Gasteiger partial charge is 0.425 e. The number of imidazole rings is 1. The fraction of sp³-hybridized carbons (Fsp3) is 0.312. The number of rotatable bonds is 6. The minimum atomic E-state index is -5.08. The highest BCUT2D eigenvalue weighted by atomic mass is 32.1. The molecule has 11 heteroatoms. The van der Waals surface area contributed by atoms with Crippen molar-refractivity contribution in [1.82, 2.24) is 19.9 Å². The highest BCUT2D eigenvalue weighted by Crippen LogP contribution is 2.40. The van der Waals surface area contributed by atoms with Crippen LogP contribution in [0.1, 0.15) is 17.9 Å². The van der Waals surface area contributed by atoms with Crippen LogP contribution in [0.3, 0.4) is 0 Å². The highest BCUT2D eigenvalue weighted by Gasteiger charge is 2.58. The molecular weight excluding hydrogens is 385 g/mol. The number of thiophene rings is 1. The Morgan fingerprint density at radius 2 is 2.22 bits per heavy atom. The molecule has 3 aromatic rings. The van der Waals surface area contributed by atoms with Crippen LogP contribution in [0.15, 0.2) is 40.6 Å². The highest BCUT2D eigenvalue weighted by molar-refractivity contribution is 7.13. The second kappa shape index (κ2) is 7.16. The Kier molecular flexibility index (Phi) is 5.07. The molecule has 0 aromatic carbocycles. The predicted octanol–water partition coefficient (Wildman–Crippen LogP) is 2.59. The molecule has 0 spiro atoms. The van der Waals surface area contributed by atoms with Crippen molar-refractivity contribution in [3.63, 3.8) is 0 Å². The summed E-state index contributed by atoms with van der Waals surface area (Å²) in [6, 6.07) is 3.62. The normalized spacial score (nSPS) is 14.1. The van der Waals surface area contributed by atoms with Crippen LogP contribution in [0, 0.1) is 0 Å². The molecule has 3 aromatic heterocycles. The van der Waals surface area contributed by atoms with Crippen molar-refractivity contribution in [2.45, 2.75) is 24.7 Å². The zero-order valence-corrected chi connectivity index (χ0v) is 14.8. The van der Waals surface area contributed by atoms with Gasteiger partial charge in [-0.05, 0) is 11.4 Å². The standard InChI is InChI=1S/C16H15F3N4O3S/c1-23-5-4-20-14(23)15(25,16(17,18)19)7-12(24)21-8-10-9-26-13(22-10)11-3-2-6-27-11/h2-6,9,25H,7-8H2,1H3,(H,21,24)/t15-/m0/s1. The third-order valence-electron chi connectivity index (χ3n) is 3.83. The van der Waals surface area contributed by atoms with E-state index < -0.39 is 29.9 Å². The number of carbonyl (C=O) groups is 1. The van der Waals surface area contributed by atoms with Gasteiger partial charge in [0.05, 0.1) is 23.5 Å². The summed E-state index contributed by atoms with van der Waals surface area (Å²) >= 11 is 1.41. The maximum absolute atomic E-state index is 13.4. The van der Waals surface area contributed by atoms with Gasteiger partial charge in [0.15, 0.2) is 5.82 Å². The van der Waals surface area contributed by atoms with Gasteiger partial charge in [-0.2, -0.15) is 13.2 Å². The van der Waals surface area contributed by atoms with Crippen LogP contribution < -0.4 is 5.32 Å². The first-order valence-corrected chi connectivity index (χ1v) is 8.60. The lowest BCUT2D eigenvalue weighted by Gasteiger charge is -2.29. The van der Waals surface area contributed by atoms with E-state index in [2.05, 4.69) is 15.3 Å². The fourth-order valence-corrected chi connectivity index (χ4v) is 3.11. The average Bonchev–Trinajstić information content (AvgIpc) is 3.32. The number of amides is 1. The van der Waals surface area contributed by atoms with Gasteiger partial charge in [0, 0.05) is 19.4 Å². The van der Waals surface area contributed by atoms with Gasteiger partial charge in [-0.1, -0.05) is 6.07 Å². The summed E-state index contributed by atoms with van der Waals surface area (Å²) in [5, 5.41) is 14.3. The molecule has 0 aliphatic heterocycles. The third kappa shape index (κ3) is 3.88. The molecule has 0 saturated carbocycles. The molecule has 7 nitrogen and oxygen atoms in total. The monoisotopic (exact) mass is 400 g/mol. The van der Waals surface area contributed by atoms with E-state index in [1.807, 2.05) is 11.4 Å². The average molecular weight is 400 g/mol. The first-order valence-electron chi connectivity index (χ1n) is 7.72. The Hall–Kier alpha value is -2.66. The van der Waals surface area contributed by atoms with Crippen molar-refractivity contribution >= 4 is 17.2 Å². The topological polar surface area (TPSA) is 93.2 Å². The molecule has 1 atom stereocenters. The van der Waals surface area contributed by atoms with E-state index in [0.717, 1.165) is 15.6 Å². The molecule has 0 aliphatic carbocycles. The lowest BCUT2D eigenvalue weighted by molar-refractivity contribution is -0.271. The molecule has 0 radical (unpaired) electrons. The molecule has 0 aliphatic rings. The second-order valence-corrected chi connectivity index (χ2v) is 6.74. The molecule has 1 amide bonds. The van der Waals surface area contributed by atoms with Gasteiger partial charge >= 0.3 is 6.18 Å². The van der Waals surface area contributed by atoms with Gasteiger partial charge in [-0.3, -0.25) is 4.79 Å². The number of aromatic nitrogens is 3. The summed E-state index contributed by atoms with van der Waals surface area (Å²) < 4.78 is 46.6. The summed E-state index contributed by atoms with van der Waals surface area (Å²) in [6.45, 7) is -0.137. The zero-order chi connectivity index (χ0) is 19.7. The lowest BCUT2D eigenvalue weighted by atomic mass is 9.97. The van der Waals surface area contributed by atoms with Crippen molar-refractivity contribution in [3.05, 3.63) is 47.7 Å². The Morgan fingerprint density at radius 1 is 1.44 bits per heavy atom. The number of aliphatic hydroxyl groups is 1. The van der Waals surface area contributed by atoms with E-state index in [-0.39, 0.29) is 6.54 Å². The van der Waals surface area contributed by atoms with E-state index in [9.17, 15) is 23.1 Å². The molecule has 3 heterocycles. The van der Waals surface area contributed by atoms with Crippen LogP contribution in [0.2, 0.25) is 0 Å². The van der Waals surface area contributed by atoms with Crippen LogP contribution in [0.5, 0.6) is 0 Å². The van der Waals surface area contributed by atoms with Crippen LogP contribution in [-0.4, -0.2) is 31.7 Å². The van der Waals surface area contributed by atoms with Crippen LogP contribution in [0.4, 0.5) is 13.2 Å². The third-order valence-corrected chi connectivity index (χ3v) is 4.68. The number of hydrogen-bond donors (Lipinski definition) is 2. The first kappa shape index (κ1) is 19.1. The van der Waals surface area contributed by atoms with Crippen LogP contribution >= 0.6 is 11.3 Å². The van der Waals surface area contributed by atoms with Gasteiger partial charge in [0.2, 0.25) is 17.4 Å². The largest absolute Gasteiger partial charge is 0.443 e. The molecule has 27 heavy (non-hydrogen) atoms. The number of halogens is 3.